The smallest absolute Gasteiger partial charge is 0.191 e. The number of rotatable bonds is 4. The van der Waals surface area contributed by atoms with Gasteiger partial charge in [-0.2, -0.15) is 0 Å². The van der Waals surface area contributed by atoms with E-state index in [0.29, 0.717) is 23.8 Å². The predicted octanol–water partition coefficient (Wildman–Crippen LogP) is 3.82. The number of ether oxygens (including phenoxy) is 2. The van der Waals surface area contributed by atoms with Crippen LogP contribution in [0.4, 0.5) is 5.69 Å². The van der Waals surface area contributed by atoms with Crippen LogP contribution in [0.3, 0.4) is 0 Å². The molecule has 0 N–H and O–H groups in total. The Morgan fingerprint density at radius 2 is 1.83 bits per heavy atom. The summed E-state index contributed by atoms with van der Waals surface area (Å²) in [6.07, 6.45) is 0. The van der Waals surface area contributed by atoms with Crippen LogP contribution in [-0.2, 0) is 6.61 Å². The van der Waals surface area contributed by atoms with E-state index in [4.69, 9.17) is 16.0 Å². The summed E-state index contributed by atoms with van der Waals surface area (Å²) in [6.45, 7) is 7.45. The van der Waals surface area contributed by atoms with Crippen LogP contribution in [-0.4, -0.2) is 7.11 Å². The number of benzene rings is 2. The van der Waals surface area contributed by atoms with Gasteiger partial charge >= 0.3 is 0 Å². The van der Waals surface area contributed by atoms with E-state index in [1.165, 1.54) is 0 Å². The molecule has 0 aliphatic carbocycles. The van der Waals surface area contributed by atoms with Crippen molar-refractivity contribution in [2.75, 3.05) is 7.11 Å². The van der Waals surface area contributed by atoms with Crippen molar-refractivity contribution in [2.24, 2.45) is 0 Å². The van der Waals surface area contributed by atoms with Crippen LogP contribution in [0.15, 0.2) is 48.5 Å². The molecule has 0 aliphatic heterocycles. The van der Waals surface area contributed by atoms with Crippen molar-refractivity contribution < 1.29 is 9.47 Å². The third-order valence-corrected chi connectivity index (χ3v) is 2.51. The first-order valence-corrected chi connectivity index (χ1v) is 5.55. The maximum absolute atomic E-state index is 6.99. The summed E-state index contributed by atoms with van der Waals surface area (Å²) in [4.78, 5) is 3.38. The van der Waals surface area contributed by atoms with Gasteiger partial charge in [0.15, 0.2) is 17.2 Å². The van der Waals surface area contributed by atoms with Crippen LogP contribution >= 0.6 is 0 Å². The second kappa shape index (κ2) is 5.74. The number of nitrogens with zero attached hydrogens (tertiary/aromatic N) is 1. The SMILES string of the molecule is [C-]#[N+]c1ccc(OC)c(OCc2ccccc2)c1. The highest BCUT2D eigenvalue weighted by atomic mass is 16.5. The molecule has 0 unspecified atom stereocenters. The standard InChI is InChI=1S/C15H13NO2/c1-16-13-8-9-14(17-2)15(10-13)18-11-12-6-4-3-5-7-12/h3-10H,11H2,2H3. The molecule has 0 atom stereocenters. The average molecular weight is 239 g/mol. The minimum atomic E-state index is 0.457. The topological polar surface area (TPSA) is 22.8 Å². The van der Waals surface area contributed by atoms with Crippen molar-refractivity contribution in [2.45, 2.75) is 6.61 Å². The van der Waals surface area contributed by atoms with Crippen LogP contribution in [0.2, 0.25) is 0 Å². The first-order chi connectivity index (χ1) is 8.83. The number of hydrogen-bond donors (Lipinski definition) is 0. The summed E-state index contributed by atoms with van der Waals surface area (Å²) in [5.41, 5.74) is 1.62. The monoisotopic (exact) mass is 239 g/mol. The van der Waals surface area contributed by atoms with Crippen LogP contribution in [0.25, 0.3) is 4.85 Å². The summed E-state index contributed by atoms with van der Waals surface area (Å²) in [5, 5.41) is 0. The fourth-order valence-corrected chi connectivity index (χ4v) is 1.58. The highest BCUT2D eigenvalue weighted by Crippen LogP contribution is 2.31. The lowest BCUT2D eigenvalue weighted by Gasteiger charge is -2.11. The molecule has 2 aromatic carbocycles. The largest absolute Gasteiger partial charge is 0.493 e. The lowest BCUT2D eigenvalue weighted by Crippen LogP contribution is -1.97. The van der Waals surface area contributed by atoms with Crippen LogP contribution in [0, 0.1) is 6.57 Å². The predicted molar refractivity (Wildman–Crippen MR) is 70.0 cm³/mol. The molecule has 0 spiro atoms. The molecule has 2 aromatic rings. The van der Waals surface area contributed by atoms with Gasteiger partial charge in [-0.25, -0.2) is 4.85 Å². The Labute approximate surface area is 106 Å². The second-order valence-corrected chi connectivity index (χ2v) is 3.72. The molecule has 0 saturated carbocycles. The van der Waals surface area contributed by atoms with Crippen molar-refractivity contribution >= 4 is 5.69 Å². The molecule has 0 aromatic heterocycles. The van der Waals surface area contributed by atoms with E-state index in [1.54, 1.807) is 25.3 Å². The van der Waals surface area contributed by atoms with Crippen molar-refractivity contribution in [3.05, 3.63) is 65.5 Å². The first kappa shape index (κ1) is 12.0. The number of hydrogen-bond acceptors (Lipinski definition) is 2. The molecule has 0 saturated heterocycles. The van der Waals surface area contributed by atoms with E-state index in [9.17, 15) is 0 Å². The Kier molecular flexibility index (Phi) is 3.83. The molecule has 3 nitrogen and oxygen atoms in total. The van der Waals surface area contributed by atoms with Crippen LogP contribution < -0.4 is 9.47 Å². The molecule has 0 heterocycles. The van der Waals surface area contributed by atoms with Crippen LogP contribution in [0.1, 0.15) is 5.56 Å². The van der Waals surface area contributed by atoms with Gasteiger partial charge in [-0.15, -0.1) is 0 Å². The van der Waals surface area contributed by atoms with E-state index in [2.05, 4.69) is 4.85 Å². The molecule has 0 bridgehead atoms. The quantitative estimate of drug-likeness (QED) is 0.757. The summed E-state index contributed by atoms with van der Waals surface area (Å²) in [6, 6.07) is 15.0. The first-order valence-electron chi connectivity index (χ1n) is 5.55. The molecular formula is C15H13NO2. The van der Waals surface area contributed by atoms with E-state index in [-0.39, 0.29) is 0 Å². The maximum atomic E-state index is 6.99. The zero-order valence-electron chi connectivity index (χ0n) is 10.1. The molecular weight excluding hydrogens is 226 g/mol. The Hall–Kier alpha value is -2.47. The lowest BCUT2D eigenvalue weighted by atomic mass is 10.2. The molecule has 3 heteroatoms. The Morgan fingerprint density at radius 3 is 2.50 bits per heavy atom. The number of methoxy groups -OCH3 is 1. The van der Waals surface area contributed by atoms with E-state index in [0.717, 1.165) is 5.56 Å². The summed E-state index contributed by atoms with van der Waals surface area (Å²) < 4.78 is 10.9. The zero-order valence-corrected chi connectivity index (χ0v) is 10.1. The van der Waals surface area contributed by atoms with Gasteiger partial charge in [0.1, 0.15) is 6.61 Å². The summed E-state index contributed by atoms with van der Waals surface area (Å²) >= 11 is 0. The maximum Gasteiger partial charge on any atom is 0.191 e. The minimum absolute atomic E-state index is 0.457. The van der Waals surface area contributed by atoms with Gasteiger partial charge in [-0.3, -0.25) is 0 Å². The molecule has 0 amide bonds. The molecule has 0 aliphatic rings. The Morgan fingerprint density at radius 1 is 1.06 bits per heavy atom. The highest BCUT2D eigenvalue weighted by Gasteiger charge is 2.05. The van der Waals surface area contributed by atoms with Crippen molar-refractivity contribution in [1.82, 2.24) is 0 Å². The summed E-state index contributed by atoms with van der Waals surface area (Å²) in [5.74, 6) is 1.23. The highest BCUT2D eigenvalue weighted by molar-refractivity contribution is 5.55. The van der Waals surface area contributed by atoms with Gasteiger partial charge in [0.25, 0.3) is 0 Å². The molecule has 0 fully saturated rings. The van der Waals surface area contributed by atoms with Crippen molar-refractivity contribution in [3.8, 4) is 11.5 Å². The normalized spacial score (nSPS) is 9.56. The van der Waals surface area contributed by atoms with E-state index in [1.807, 2.05) is 30.3 Å². The fourth-order valence-electron chi connectivity index (χ4n) is 1.58. The molecule has 0 radical (unpaired) electrons. The van der Waals surface area contributed by atoms with Gasteiger partial charge in [0.05, 0.1) is 13.7 Å². The Balaban J connectivity index is 2.15. The zero-order chi connectivity index (χ0) is 12.8. The van der Waals surface area contributed by atoms with E-state index >= 15 is 0 Å². The average Bonchev–Trinajstić information content (AvgIpc) is 2.45. The van der Waals surface area contributed by atoms with Crippen molar-refractivity contribution in [1.29, 1.82) is 0 Å². The fraction of sp³-hybridized carbons (Fsp3) is 0.133. The minimum Gasteiger partial charge on any atom is -0.493 e. The van der Waals surface area contributed by atoms with Gasteiger partial charge in [0, 0.05) is 0 Å². The second-order valence-electron chi connectivity index (χ2n) is 3.72. The lowest BCUT2D eigenvalue weighted by molar-refractivity contribution is 0.285. The van der Waals surface area contributed by atoms with Gasteiger partial charge < -0.3 is 9.47 Å². The van der Waals surface area contributed by atoms with Crippen LogP contribution in [0.5, 0.6) is 11.5 Å². The third-order valence-electron chi connectivity index (χ3n) is 2.51. The van der Waals surface area contributed by atoms with Crippen molar-refractivity contribution in [3.63, 3.8) is 0 Å². The molecule has 2 rings (SSSR count). The third kappa shape index (κ3) is 2.80. The van der Waals surface area contributed by atoms with Gasteiger partial charge in [0.2, 0.25) is 0 Å². The molecule has 90 valence electrons. The summed E-state index contributed by atoms with van der Waals surface area (Å²) in [7, 11) is 1.59. The van der Waals surface area contributed by atoms with Gasteiger partial charge in [-0.05, 0) is 17.7 Å². The van der Waals surface area contributed by atoms with E-state index < -0.39 is 0 Å². The molecule has 18 heavy (non-hydrogen) atoms. The van der Waals surface area contributed by atoms with Gasteiger partial charge in [-0.1, -0.05) is 36.4 Å². The Bertz CT molecular complexity index is 558.